The lowest BCUT2D eigenvalue weighted by atomic mass is 10.1. The van der Waals surface area contributed by atoms with Gasteiger partial charge in [0, 0.05) is 24.7 Å². The summed E-state index contributed by atoms with van der Waals surface area (Å²) in [5, 5.41) is 3.91. The first-order valence-electron chi connectivity index (χ1n) is 7.80. The molecule has 25 heavy (non-hydrogen) atoms. The van der Waals surface area contributed by atoms with Gasteiger partial charge < -0.3 is 9.73 Å². The standard InChI is InChI=1S/C19H16Cl2N2O2/c20-16-4-1-13(9-17(16)21)3-6-19(24)23-11-14-2-5-18(22-10-14)15-7-8-25-12-15/h1-2,4-5,7-10,12H,3,6,11H2,(H,23,24). The molecule has 0 aliphatic heterocycles. The number of pyridine rings is 1. The van der Waals surface area contributed by atoms with Crippen LogP contribution in [0.4, 0.5) is 0 Å². The Balaban J connectivity index is 1.48. The first-order chi connectivity index (χ1) is 12.1. The van der Waals surface area contributed by atoms with Gasteiger partial charge in [-0.3, -0.25) is 9.78 Å². The van der Waals surface area contributed by atoms with Gasteiger partial charge in [0.15, 0.2) is 0 Å². The fourth-order valence-corrected chi connectivity index (χ4v) is 2.67. The summed E-state index contributed by atoms with van der Waals surface area (Å²) in [4.78, 5) is 16.4. The van der Waals surface area contributed by atoms with Gasteiger partial charge in [-0.15, -0.1) is 0 Å². The Morgan fingerprint density at radius 1 is 1.08 bits per heavy atom. The Bertz CT molecular complexity index is 846. The van der Waals surface area contributed by atoms with Gasteiger partial charge in [0.2, 0.25) is 5.91 Å². The van der Waals surface area contributed by atoms with Crippen LogP contribution in [-0.4, -0.2) is 10.9 Å². The monoisotopic (exact) mass is 374 g/mol. The number of benzene rings is 1. The Morgan fingerprint density at radius 2 is 1.92 bits per heavy atom. The number of furan rings is 1. The van der Waals surface area contributed by atoms with E-state index < -0.39 is 0 Å². The third-order valence-corrected chi connectivity index (χ3v) is 4.50. The third-order valence-electron chi connectivity index (χ3n) is 3.76. The Hall–Kier alpha value is -2.30. The highest BCUT2D eigenvalue weighted by molar-refractivity contribution is 6.42. The lowest BCUT2D eigenvalue weighted by molar-refractivity contribution is -0.121. The van der Waals surface area contributed by atoms with Crippen molar-refractivity contribution in [3.05, 3.63) is 76.3 Å². The van der Waals surface area contributed by atoms with Crippen molar-refractivity contribution in [2.45, 2.75) is 19.4 Å². The molecule has 6 heteroatoms. The van der Waals surface area contributed by atoms with Crippen molar-refractivity contribution in [3.63, 3.8) is 0 Å². The zero-order valence-electron chi connectivity index (χ0n) is 13.3. The van der Waals surface area contributed by atoms with Gasteiger partial charge in [-0.25, -0.2) is 0 Å². The molecule has 1 amide bonds. The molecule has 3 rings (SSSR count). The van der Waals surface area contributed by atoms with Crippen molar-refractivity contribution >= 4 is 29.1 Å². The number of aryl methyl sites for hydroxylation is 1. The van der Waals surface area contributed by atoms with E-state index in [2.05, 4.69) is 10.3 Å². The fraction of sp³-hybridized carbons (Fsp3) is 0.158. The van der Waals surface area contributed by atoms with E-state index in [-0.39, 0.29) is 5.91 Å². The van der Waals surface area contributed by atoms with E-state index in [1.165, 1.54) is 0 Å². The van der Waals surface area contributed by atoms with E-state index in [4.69, 9.17) is 27.6 Å². The zero-order chi connectivity index (χ0) is 17.6. The van der Waals surface area contributed by atoms with Crippen molar-refractivity contribution in [1.29, 1.82) is 0 Å². The van der Waals surface area contributed by atoms with Gasteiger partial charge >= 0.3 is 0 Å². The summed E-state index contributed by atoms with van der Waals surface area (Å²) in [5.74, 6) is -0.0232. The zero-order valence-corrected chi connectivity index (χ0v) is 14.8. The molecule has 2 aromatic heterocycles. The smallest absolute Gasteiger partial charge is 0.220 e. The summed E-state index contributed by atoms with van der Waals surface area (Å²) in [5.41, 5.74) is 3.69. The number of nitrogens with zero attached hydrogens (tertiary/aromatic N) is 1. The minimum absolute atomic E-state index is 0.0232. The van der Waals surface area contributed by atoms with Crippen LogP contribution in [0.25, 0.3) is 11.3 Å². The molecular formula is C19H16Cl2N2O2. The summed E-state index contributed by atoms with van der Waals surface area (Å²) < 4.78 is 5.04. The number of halogens is 2. The summed E-state index contributed by atoms with van der Waals surface area (Å²) in [6.45, 7) is 0.443. The van der Waals surface area contributed by atoms with E-state index in [0.717, 1.165) is 22.4 Å². The number of carbonyl (C=O) groups is 1. The van der Waals surface area contributed by atoms with Crippen molar-refractivity contribution < 1.29 is 9.21 Å². The molecule has 3 aromatic rings. The summed E-state index contributed by atoms with van der Waals surface area (Å²) in [6.07, 6.45) is 6.01. The van der Waals surface area contributed by atoms with E-state index >= 15 is 0 Å². The van der Waals surface area contributed by atoms with Gasteiger partial charge in [-0.2, -0.15) is 0 Å². The molecule has 0 aliphatic rings. The van der Waals surface area contributed by atoms with Crippen molar-refractivity contribution in [2.75, 3.05) is 0 Å². The van der Waals surface area contributed by atoms with Gasteiger partial charge in [-0.1, -0.05) is 35.3 Å². The minimum atomic E-state index is -0.0232. The largest absolute Gasteiger partial charge is 0.472 e. The van der Waals surface area contributed by atoms with Crippen LogP contribution >= 0.6 is 23.2 Å². The lowest BCUT2D eigenvalue weighted by Gasteiger charge is -2.07. The third kappa shape index (κ3) is 4.84. The summed E-state index contributed by atoms with van der Waals surface area (Å²) in [7, 11) is 0. The molecule has 0 saturated carbocycles. The molecule has 2 heterocycles. The molecule has 1 aromatic carbocycles. The van der Waals surface area contributed by atoms with Gasteiger partial charge in [0.25, 0.3) is 0 Å². The number of aromatic nitrogens is 1. The Labute approximate surface area is 155 Å². The number of amides is 1. The molecule has 0 bridgehead atoms. The Morgan fingerprint density at radius 3 is 2.60 bits per heavy atom. The minimum Gasteiger partial charge on any atom is -0.472 e. The molecule has 1 N–H and O–H groups in total. The molecule has 0 fully saturated rings. The van der Waals surface area contributed by atoms with E-state index in [1.807, 2.05) is 24.3 Å². The van der Waals surface area contributed by atoms with Crippen LogP contribution < -0.4 is 5.32 Å². The quantitative estimate of drug-likeness (QED) is 0.667. The van der Waals surface area contributed by atoms with Gasteiger partial charge in [0.05, 0.1) is 28.3 Å². The predicted octanol–water partition coefficient (Wildman–Crippen LogP) is 4.90. The van der Waals surface area contributed by atoms with Gasteiger partial charge in [-0.05, 0) is 41.8 Å². The highest BCUT2D eigenvalue weighted by atomic mass is 35.5. The van der Waals surface area contributed by atoms with E-state index in [0.29, 0.717) is 29.4 Å². The fourth-order valence-electron chi connectivity index (χ4n) is 2.35. The maximum atomic E-state index is 12.0. The van der Waals surface area contributed by atoms with Gasteiger partial charge in [0.1, 0.15) is 0 Å². The topological polar surface area (TPSA) is 55.1 Å². The number of hydrogen-bond acceptors (Lipinski definition) is 3. The first-order valence-corrected chi connectivity index (χ1v) is 8.55. The molecule has 0 aliphatic carbocycles. The second kappa shape index (κ2) is 8.19. The molecule has 0 atom stereocenters. The lowest BCUT2D eigenvalue weighted by Crippen LogP contribution is -2.23. The summed E-state index contributed by atoms with van der Waals surface area (Å²) >= 11 is 11.9. The van der Waals surface area contributed by atoms with Crippen LogP contribution in [0.3, 0.4) is 0 Å². The summed E-state index contributed by atoms with van der Waals surface area (Å²) in [6, 6.07) is 11.1. The van der Waals surface area contributed by atoms with Crippen LogP contribution in [0.2, 0.25) is 10.0 Å². The predicted molar refractivity (Wildman–Crippen MR) is 98.6 cm³/mol. The average molecular weight is 375 g/mol. The van der Waals surface area contributed by atoms with Crippen molar-refractivity contribution in [1.82, 2.24) is 10.3 Å². The maximum Gasteiger partial charge on any atom is 0.220 e. The van der Waals surface area contributed by atoms with Crippen LogP contribution in [0.1, 0.15) is 17.5 Å². The average Bonchev–Trinajstić information content (AvgIpc) is 3.16. The second-order valence-electron chi connectivity index (χ2n) is 5.59. The molecule has 0 radical (unpaired) electrons. The highest BCUT2D eigenvalue weighted by Crippen LogP contribution is 2.23. The normalized spacial score (nSPS) is 10.6. The highest BCUT2D eigenvalue weighted by Gasteiger charge is 2.06. The number of carbonyl (C=O) groups excluding carboxylic acids is 1. The van der Waals surface area contributed by atoms with Crippen LogP contribution in [0, 0.1) is 0 Å². The molecule has 4 nitrogen and oxygen atoms in total. The van der Waals surface area contributed by atoms with Crippen LogP contribution in [0.5, 0.6) is 0 Å². The van der Waals surface area contributed by atoms with E-state index in [9.17, 15) is 4.79 Å². The van der Waals surface area contributed by atoms with Crippen LogP contribution in [0.15, 0.2) is 59.5 Å². The number of nitrogens with one attached hydrogen (secondary N) is 1. The SMILES string of the molecule is O=C(CCc1ccc(Cl)c(Cl)c1)NCc1ccc(-c2ccoc2)nc1. The number of rotatable bonds is 6. The molecule has 0 saturated heterocycles. The number of hydrogen-bond donors (Lipinski definition) is 1. The maximum absolute atomic E-state index is 12.0. The van der Waals surface area contributed by atoms with Crippen molar-refractivity contribution in [2.24, 2.45) is 0 Å². The van der Waals surface area contributed by atoms with Crippen LogP contribution in [-0.2, 0) is 17.8 Å². The molecule has 128 valence electrons. The second-order valence-corrected chi connectivity index (χ2v) is 6.40. The van der Waals surface area contributed by atoms with Crippen molar-refractivity contribution in [3.8, 4) is 11.3 Å². The molecular weight excluding hydrogens is 359 g/mol. The Kier molecular flexibility index (Phi) is 5.74. The molecule has 0 spiro atoms. The first kappa shape index (κ1) is 17.5. The molecule has 0 unspecified atom stereocenters. The van der Waals surface area contributed by atoms with E-state index in [1.54, 1.807) is 30.9 Å².